The van der Waals surface area contributed by atoms with Crippen molar-refractivity contribution < 1.29 is 28.6 Å². The summed E-state index contributed by atoms with van der Waals surface area (Å²) in [5, 5.41) is 13.7. The van der Waals surface area contributed by atoms with Gasteiger partial charge in [-0.1, -0.05) is 18.2 Å². The number of carbonyl (C=O) groups is 2. The van der Waals surface area contributed by atoms with Gasteiger partial charge in [0.05, 0.1) is 26.2 Å². The number of amides is 1. The van der Waals surface area contributed by atoms with Crippen LogP contribution in [0, 0.1) is 6.92 Å². The molecule has 2 aromatic carbocycles. The molecular weight excluding hydrogens is 440 g/mol. The van der Waals surface area contributed by atoms with Crippen LogP contribution in [0.4, 0.5) is 0 Å². The van der Waals surface area contributed by atoms with Crippen molar-refractivity contribution in [3.8, 4) is 11.5 Å². The van der Waals surface area contributed by atoms with Crippen molar-refractivity contribution in [1.82, 2.24) is 10.3 Å². The maximum Gasteiger partial charge on any atom is 0.340 e. The van der Waals surface area contributed by atoms with Gasteiger partial charge < -0.3 is 29.3 Å². The number of ether oxygens (including phenoxy) is 2. The third-order valence-corrected chi connectivity index (χ3v) is 5.86. The van der Waals surface area contributed by atoms with E-state index in [4.69, 9.17) is 13.9 Å². The van der Waals surface area contributed by atoms with Gasteiger partial charge in [0, 0.05) is 35.0 Å². The van der Waals surface area contributed by atoms with Gasteiger partial charge in [-0.3, -0.25) is 4.79 Å². The summed E-state index contributed by atoms with van der Waals surface area (Å²) >= 11 is 0. The van der Waals surface area contributed by atoms with E-state index in [9.17, 15) is 19.5 Å². The van der Waals surface area contributed by atoms with E-state index in [-0.39, 0.29) is 18.4 Å². The zero-order valence-electron chi connectivity index (χ0n) is 18.9. The van der Waals surface area contributed by atoms with Gasteiger partial charge in [-0.15, -0.1) is 0 Å². The predicted molar refractivity (Wildman–Crippen MR) is 126 cm³/mol. The third kappa shape index (κ3) is 4.32. The van der Waals surface area contributed by atoms with Crippen LogP contribution >= 0.6 is 0 Å². The normalized spacial score (nSPS) is 12.0. The van der Waals surface area contributed by atoms with Gasteiger partial charge in [0.1, 0.15) is 11.6 Å². The van der Waals surface area contributed by atoms with Crippen LogP contribution in [0.15, 0.2) is 51.8 Å². The van der Waals surface area contributed by atoms with Crippen LogP contribution in [-0.2, 0) is 22.4 Å². The smallest absolute Gasteiger partial charge is 0.340 e. The van der Waals surface area contributed by atoms with Gasteiger partial charge in [-0.25, -0.2) is 9.59 Å². The van der Waals surface area contributed by atoms with Crippen LogP contribution in [0.3, 0.4) is 0 Å². The number of rotatable bonds is 8. The third-order valence-electron chi connectivity index (χ3n) is 5.86. The second-order valence-corrected chi connectivity index (χ2v) is 7.90. The first-order valence-corrected chi connectivity index (χ1v) is 10.6. The highest BCUT2D eigenvalue weighted by molar-refractivity contribution is 5.89. The number of aromatic nitrogens is 1. The van der Waals surface area contributed by atoms with Gasteiger partial charge in [0.15, 0.2) is 11.5 Å². The second kappa shape index (κ2) is 9.30. The molecule has 34 heavy (non-hydrogen) atoms. The first-order valence-electron chi connectivity index (χ1n) is 10.6. The summed E-state index contributed by atoms with van der Waals surface area (Å²) in [6.45, 7) is 1.70. The fraction of sp³-hybridized carbons (Fsp3) is 0.240. The number of fused-ring (bicyclic) bond motifs is 2. The van der Waals surface area contributed by atoms with Crippen molar-refractivity contribution in [2.24, 2.45) is 0 Å². The summed E-state index contributed by atoms with van der Waals surface area (Å²) in [7, 11) is 2.97. The number of aliphatic carboxylic acids is 1. The highest BCUT2D eigenvalue weighted by Gasteiger charge is 2.24. The molecule has 3 N–H and O–H groups in total. The summed E-state index contributed by atoms with van der Waals surface area (Å²) in [4.78, 5) is 40.4. The molecule has 0 bridgehead atoms. The Morgan fingerprint density at radius 1 is 1.12 bits per heavy atom. The number of carboxylic acid groups (broad SMARTS) is 1. The van der Waals surface area contributed by atoms with Crippen LogP contribution in [0.5, 0.6) is 11.5 Å². The number of H-pyrrole nitrogens is 1. The van der Waals surface area contributed by atoms with Crippen LogP contribution in [-0.4, -0.2) is 42.2 Å². The Morgan fingerprint density at radius 2 is 1.82 bits per heavy atom. The molecule has 9 nitrogen and oxygen atoms in total. The quantitative estimate of drug-likeness (QED) is 0.342. The average Bonchev–Trinajstić information content (AvgIpc) is 3.23. The van der Waals surface area contributed by atoms with Crippen LogP contribution < -0.4 is 20.4 Å². The Balaban J connectivity index is 1.59. The van der Waals surface area contributed by atoms with Gasteiger partial charge >= 0.3 is 11.6 Å². The molecule has 2 aromatic heterocycles. The molecule has 9 heteroatoms. The lowest BCUT2D eigenvalue weighted by atomic mass is 10.0. The number of carbonyl (C=O) groups excluding carboxylic acids is 1. The minimum atomic E-state index is -1.17. The molecule has 0 radical (unpaired) electrons. The number of hydrogen-bond donors (Lipinski definition) is 3. The number of aryl methyl sites for hydroxylation is 1. The number of hydrogen-bond acceptors (Lipinski definition) is 6. The SMILES string of the molecule is COc1cc2oc(=O)c(CC(=O)N[C@H](Cc3c[nH]c4ccccc34)C(=O)O)c(C)c2cc1OC. The van der Waals surface area contributed by atoms with Crippen molar-refractivity contribution in [3.63, 3.8) is 0 Å². The maximum atomic E-state index is 12.8. The van der Waals surface area contributed by atoms with Gasteiger partial charge in [-0.2, -0.15) is 0 Å². The Kier molecular flexibility index (Phi) is 6.27. The van der Waals surface area contributed by atoms with Crippen molar-refractivity contribution in [3.05, 3.63) is 69.7 Å². The van der Waals surface area contributed by atoms with E-state index in [0.29, 0.717) is 28.0 Å². The first kappa shape index (κ1) is 22.9. The topological polar surface area (TPSA) is 131 Å². The zero-order chi connectivity index (χ0) is 24.4. The summed E-state index contributed by atoms with van der Waals surface area (Å²) in [5.41, 5.74) is 1.97. The number of benzene rings is 2. The standard InChI is InChI=1S/C25H24N2O7/c1-13-16-9-21(32-2)22(33-3)11-20(16)34-25(31)17(13)10-23(28)27-19(24(29)30)8-14-12-26-18-7-5-4-6-15(14)18/h4-7,9,11-12,19,26H,8,10H2,1-3H3,(H,27,28)(H,29,30)/t19-/m1/s1. The fourth-order valence-electron chi connectivity index (χ4n) is 4.05. The van der Waals surface area contributed by atoms with E-state index >= 15 is 0 Å². The molecule has 176 valence electrons. The molecule has 4 aromatic rings. The summed E-state index contributed by atoms with van der Waals surface area (Å²) in [5.74, 6) is -0.906. The molecule has 4 rings (SSSR count). The van der Waals surface area contributed by atoms with Crippen LogP contribution in [0.25, 0.3) is 21.9 Å². The largest absolute Gasteiger partial charge is 0.493 e. The Hall–Kier alpha value is -4.27. The highest BCUT2D eigenvalue weighted by atomic mass is 16.5. The summed E-state index contributed by atoms with van der Waals surface area (Å²) in [6.07, 6.45) is 1.50. The summed E-state index contributed by atoms with van der Waals surface area (Å²) < 4.78 is 16.0. The Bertz CT molecular complexity index is 1450. The molecule has 0 aliphatic heterocycles. The van der Waals surface area contributed by atoms with Crippen molar-refractivity contribution >= 4 is 33.7 Å². The molecule has 0 unspecified atom stereocenters. The second-order valence-electron chi connectivity index (χ2n) is 7.90. The molecule has 0 aliphatic rings. The van der Waals surface area contributed by atoms with E-state index in [0.717, 1.165) is 16.5 Å². The molecule has 0 aliphatic carbocycles. The maximum absolute atomic E-state index is 12.8. The Labute approximate surface area is 194 Å². The predicted octanol–water partition coefficient (Wildman–Crippen LogP) is 2.95. The Morgan fingerprint density at radius 3 is 2.53 bits per heavy atom. The monoisotopic (exact) mass is 464 g/mol. The molecule has 0 spiro atoms. The molecule has 0 saturated heterocycles. The van der Waals surface area contributed by atoms with E-state index in [2.05, 4.69) is 10.3 Å². The van der Waals surface area contributed by atoms with Crippen molar-refractivity contribution in [2.45, 2.75) is 25.8 Å². The van der Waals surface area contributed by atoms with Crippen molar-refractivity contribution in [1.29, 1.82) is 0 Å². The van der Waals surface area contributed by atoms with Gasteiger partial charge in [0.25, 0.3) is 0 Å². The number of methoxy groups -OCH3 is 2. The number of para-hydroxylation sites is 1. The number of carboxylic acids is 1. The molecule has 1 atom stereocenters. The lowest BCUT2D eigenvalue weighted by molar-refractivity contribution is -0.141. The van der Waals surface area contributed by atoms with E-state index in [1.165, 1.54) is 14.2 Å². The minimum absolute atomic E-state index is 0.0907. The van der Waals surface area contributed by atoms with E-state index in [1.54, 1.807) is 25.3 Å². The van der Waals surface area contributed by atoms with Crippen LogP contribution in [0.2, 0.25) is 0 Å². The molecule has 1 amide bonds. The van der Waals surface area contributed by atoms with Crippen molar-refractivity contribution in [2.75, 3.05) is 14.2 Å². The zero-order valence-corrected chi connectivity index (χ0v) is 18.9. The van der Waals surface area contributed by atoms with E-state index < -0.39 is 23.5 Å². The van der Waals surface area contributed by atoms with Crippen LogP contribution in [0.1, 0.15) is 16.7 Å². The molecular formula is C25H24N2O7. The number of nitrogens with one attached hydrogen (secondary N) is 2. The molecule has 2 heterocycles. The number of aromatic amines is 1. The van der Waals surface area contributed by atoms with Gasteiger partial charge in [0.2, 0.25) is 5.91 Å². The highest BCUT2D eigenvalue weighted by Crippen LogP contribution is 2.33. The van der Waals surface area contributed by atoms with E-state index in [1.807, 2.05) is 24.3 Å². The first-order chi connectivity index (χ1) is 16.3. The fourth-order valence-corrected chi connectivity index (χ4v) is 4.05. The molecule has 0 fully saturated rings. The van der Waals surface area contributed by atoms with Gasteiger partial charge in [-0.05, 0) is 30.2 Å². The molecule has 0 saturated carbocycles. The average molecular weight is 464 g/mol. The lowest BCUT2D eigenvalue weighted by Crippen LogP contribution is -2.43. The lowest BCUT2D eigenvalue weighted by Gasteiger charge is -2.15. The summed E-state index contributed by atoms with van der Waals surface area (Å²) in [6, 6.07) is 9.57. The minimum Gasteiger partial charge on any atom is -0.493 e.